The Labute approximate surface area is 193 Å². The molecule has 1 fully saturated rings. The molecule has 0 saturated carbocycles. The monoisotopic (exact) mass is 499 g/mol. The maximum atomic E-state index is 12.8. The Balaban J connectivity index is 1.78. The number of aliphatic carboxylic acids is 2. The summed E-state index contributed by atoms with van der Waals surface area (Å²) < 4.78 is 0. The van der Waals surface area contributed by atoms with E-state index in [1.807, 2.05) is 0 Å². The van der Waals surface area contributed by atoms with Gasteiger partial charge in [0.2, 0.25) is 6.61 Å². The Morgan fingerprint density at radius 3 is 2.81 bits per heavy atom. The molecule has 0 spiro atoms. The van der Waals surface area contributed by atoms with Gasteiger partial charge in [-0.15, -0.1) is 41.4 Å². The second-order valence-corrected chi connectivity index (χ2v) is 9.33. The number of oxime groups is 1. The predicted molar refractivity (Wildman–Crippen MR) is 119 cm³/mol. The fourth-order valence-corrected chi connectivity index (χ4v) is 5.74. The minimum absolute atomic E-state index is 0.0459. The molecule has 2 atom stereocenters. The van der Waals surface area contributed by atoms with Gasteiger partial charge in [0.1, 0.15) is 22.8 Å². The van der Waals surface area contributed by atoms with Crippen molar-refractivity contribution in [1.29, 1.82) is 0 Å². The van der Waals surface area contributed by atoms with E-state index in [2.05, 4.69) is 26.9 Å². The lowest BCUT2D eigenvalue weighted by Crippen LogP contribution is -2.71. The summed E-state index contributed by atoms with van der Waals surface area (Å²) in [6, 6.07) is -1.01. The topological polar surface area (TPSA) is 185 Å². The van der Waals surface area contributed by atoms with Crippen LogP contribution in [0.25, 0.3) is 0 Å². The number of hydrogen-bond donors (Lipinski definition) is 4. The number of fused-ring (bicyclic) bond motifs is 1. The van der Waals surface area contributed by atoms with Gasteiger partial charge in [0, 0.05) is 21.8 Å². The van der Waals surface area contributed by atoms with Crippen molar-refractivity contribution in [1.82, 2.24) is 15.2 Å². The van der Waals surface area contributed by atoms with Gasteiger partial charge in [-0.25, -0.2) is 14.6 Å². The van der Waals surface area contributed by atoms with E-state index in [4.69, 9.17) is 10.8 Å². The average molecular weight is 500 g/mol. The summed E-state index contributed by atoms with van der Waals surface area (Å²) in [7, 11) is 0. The molecular formula is C17H17N5O7S3. The molecule has 0 unspecified atom stereocenters. The zero-order chi connectivity index (χ0) is 23.4. The average Bonchev–Trinajstić information content (AvgIpc) is 3.17. The molecule has 0 aromatic carbocycles. The summed E-state index contributed by atoms with van der Waals surface area (Å²) in [5.74, 6) is -3.12. The number of nitrogens with zero attached hydrogens (tertiary/aromatic N) is 3. The molecule has 2 aliphatic heterocycles. The van der Waals surface area contributed by atoms with Crippen LogP contribution < -0.4 is 11.1 Å². The van der Waals surface area contributed by atoms with Crippen molar-refractivity contribution >= 4 is 69.5 Å². The van der Waals surface area contributed by atoms with Gasteiger partial charge in [-0.2, -0.15) is 0 Å². The maximum absolute atomic E-state index is 12.8. The van der Waals surface area contributed by atoms with Gasteiger partial charge >= 0.3 is 11.9 Å². The van der Waals surface area contributed by atoms with Crippen molar-refractivity contribution < 1.29 is 34.2 Å². The number of carboxylic acids is 2. The number of rotatable bonds is 10. The number of thioether (sulfide) groups is 2. The van der Waals surface area contributed by atoms with Crippen molar-refractivity contribution in [3.63, 3.8) is 0 Å². The number of aromatic nitrogens is 1. The molecule has 1 aromatic heterocycles. The van der Waals surface area contributed by atoms with E-state index in [9.17, 15) is 24.3 Å². The molecule has 170 valence electrons. The van der Waals surface area contributed by atoms with Crippen molar-refractivity contribution in [3.8, 4) is 0 Å². The highest BCUT2D eigenvalue weighted by Gasteiger charge is 2.54. The van der Waals surface area contributed by atoms with Gasteiger partial charge < -0.3 is 26.1 Å². The highest BCUT2D eigenvalue weighted by molar-refractivity contribution is 8.06. The Bertz CT molecular complexity index is 1040. The number of thiazole rings is 1. The van der Waals surface area contributed by atoms with Crippen LogP contribution in [0.3, 0.4) is 0 Å². The van der Waals surface area contributed by atoms with Crippen molar-refractivity contribution in [2.75, 3.05) is 23.8 Å². The highest BCUT2D eigenvalue weighted by Crippen LogP contribution is 2.43. The third-order valence-corrected chi connectivity index (χ3v) is 7.35. The number of carbonyl (C=O) groups is 4. The van der Waals surface area contributed by atoms with Crippen molar-refractivity contribution in [3.05, 3.63) is 34.3 Å². The molecule has 2 aliphatic rings. The highest BCUT2D eigenvalue weighted by atomic mass is 32.2. The first-order valence-electron chi connectivity index (χ1n) is 8.83. The van der Waals surface area contributed by atoms with Crippen LogP contribution in [0.2, 0.25) is 0 Å². The van der Waals surface area contributed by atoms with E-state index in [1.165, 1.54) is 28.9 Å². The van der Waals surface area contributed by atoms with E-state index in [0.29, 0.717) is 16.4 Å². The molecule has 32 heavy (non-hydrogen) atoms. The second-order valence-electron chi connectivity index (χ2n) is 6.22. The zero-order valence-corrected chi connectivity index (χ0v) is 18.7. The SMILES string of the molecule is C=CCSC1=C(C(=O)O)N2C(=O)[C@@H](NC(=O)/C(=N\OCC(=O)O)c3csc(N)n3)[C@H]2SC1. The summed E-state index contributed by atoms with van der Waals surface area (Å²) in [6.07, 6.45) is 1.63. The summed E-state index contributed by atoms with van der Waals surface area (Å²) in [6.45, 7) is 2.82. The molecule has 1 aromatic rings. The summed E-state index contributed by atoms with van der Waals surface area (Å²) >= 11 is 3.63. The minimum Gasteiger partial charge on any atom is -0.479 e. The number of hydrogen-bond acceptors (Lipinski definition) is 11. The third-order valence-electron chi connectivity index (χ3n) is 4.12. The van der Waals surface area contributed by atoms with Crippen LogP contribution in [-0.2, 0) is 24.0 Å². The normalized spacial score (nSPS) is 20.3. The van der Waals surface area contributed by atoms with Gasteiger partial charge in [0.15, 0.2) is 10.8 Å². The Kier molecular flexibility index (Phi) is 7.42. The molecule has 3 heterocycles. The van der Waals surface area contributed by atoms with Crippen LogP contribution in [-0.4, -0.2) is 79.1 Å². The van der Waals surface area contributed by atoms with Gasteiger partial charge in [-0.3, -0.25) is 14.5 Å². The van der Waals surface area contributed by atoms with Gasteiger partial charge in [0.25, 0.3) is 11.8 Å². The van der Waals surface area contributed by atoms with Crippen molar-refractivity contribution in [2.45, 2.75) is 11.4 Å². The summed E-state index contributed by atoms with van der Waals surface area (Å²) in [4.78, 5) is 58.2. The predicted octanol–water partition coefficient (Wildman–Crippen LogP) is 0.146. The number of amides is 2. The lowest BCUT2D eigenvalue weighted by molar-refractivity contribution is -0.150. The number of nitrogens with two attached hydrogens (primary N) is 1. The smallest absolute Gasteiger partial charge is 0.353 e. The fourth-order valence-electron chi connectivity index (χ4n) is 2.82. The molecule has 2 amide bonds. The molecule has 12 nitrogen and oxygen atoms in total. The molecule has 0 bridgehead atoms. The standard InChI is InChI=1S/C17H17N5O7S3/c1-2-3-30-8-6-31-15-11(14(26)22(15)12(8)16(27)28)20-13(25)10(21-29-4-9(23)24)7-5-32-17(18)19-7/h2,5,11,15H,1,3-4,6H2,(H2,18,19)(H,20,25)(H,23,24)(H,27,28)/b21-10-/t11-,15-/m1/s1. The molecular weight excluding hydrogens is 482 g/mol. The molecule has 15 heteroatoms. The van der Waals surface area contributed by atoms with Crippen LogP contribution in [0.15, 0.2) is 33.8 Å². The first kappa shape index (κ1) is 23.6. The number of nitrogen functional groups attached to an aromatic ring is 1. The van der Waals surface area contributed by atoms with Crippen LogP contribution in [0.5, 0.6) is 0 Å². The fraction of sp³-hybridized carbons (Fsp3) is 0.294. The molecule has 0 aliphatic carbocycles. The minimum atomic E-state index is -1.30. The zero-order valence-electron chi connectivity index (χ0n) is 16.2. The quantitative estimate of drug-likeness (QED) is 0.149. The second kappa shape index (κ2) is 10.1. The Morgan fingerprint density at radius 1 is 1.47 bits per heavy atom. The van der Waals surface area contributed by atoms with E-state index < -0.39 is 41.8 Å². The number of nitrogens with one attached hydrogen (secondary N) is 1. The van der Waals surface area contributed by atoms with E-state index in [0.717, 1.165) is 16.2 Å². The first-order valence-corrected chi connectivity index (χ1v) is 11.7. The summed E-state index contributed by atoms with van der Waals surface area (Å²) in [5.41, 5.74) is 5.16. The molecule has 1 saturated heterocycles. The van der Waals surface area contributed by atoms with Crippen LogP contribution in [0.4, 0.5) is 5.13 Å². The number of carbonyl (C=O) groups excluding carboxylic acids is 2. The third kappa shape index (κ3) is 4.89. The molecule has 5 N–H and O–H groups in total. The van der Waals surface area contributed by atoms with Crippen LogP contribution in [0.1, 0.15) is 5.69 Å². The number of anilines is 1. The van der Waals surface area contributed by atoms with Gasteiger partial charge in [-0.05, 0) is 0 Å². The lowest BCUT2D eigenvalue weighted by Gasteiger charge is -2.49. The lowest BCUT2D eigenvalue weighted by atomic mass is 10.0. The maximum Gasteiger partial charge on any atom is 0.353 e. The van der Waals surface area contributed by atoms with E-state index in [-0.39, 0.29) is 22.2 Å². The molecule has 0 radical (unpaired) electrons. The van der Waals surface area contributed by atoms with E-state index >= 15 is 0 Å². The summed E-state index contributed by atoms with van der Waals surface area (Å²) in [5, 5.41) is 25.3. The Hall–Kier alpha value is -3.04. The number of carboxylic acid groups (broad SMARTS) is 2. The number of β-lactam (4-membered cyclic amide) rings is 1. The van der Waals surface area contributed by atoms with Gasteiger partial charge in [0.05, 0.1) is 0 Å². The Morgan fingerprint density at radius 2 is 2.22 bits per heavy atom. The van der Waals surface area contributed by atoms with Crippen LogP contribution in [0, 0.1) is 0 Å². The van der Waals surface area contributed by atoms with E-state index in [1.54, 1.807) is 6.08 Å². The largest absolute Gasteiger partial charge is 0.479 e. The van der Waals surface area contributed by atoms with Crippen LogP contribution >= 0.6 is 34.9 Å². The van der Waals surface area contributed by atoms with Gasteiger partial charge in [-0.1, -0.05) is 11.2 Å². The van der Waals surface area contributed by atoms with Crippen molar-refractivity contribution in [2.24, 2.45) is 5.16 Å². The first-order chi connectivity index (χ1) is 15.2. The molecule has 3 rings (SSSR count).